The van der Waals surface area contributed by atoms with E-state index in [2.05, 4.69) is 15.6 Å². The van der Waals surface area contributed by atoms with Crippen LogP contribution in [-0.2, 0) is 4.79 Å². The molecule has 1 saturated carbocycles. The summed E-state index contributed by atoms with van der Waals surface area (Å²) in [7, 11) is 1.53. The number of nitrogens with zero attached hydrogens (tertiary/aromatic N) is 1. The minimum atomic E-state index is -4.39. The number of carbonyl (C=O) groups is 1. The quantitative estimate of drug-likeness (QED) is 0.487. The zero-order valence-corrected chi connectivity index (χ0v) is 9.40. The summed E-state index contributed by atoms with van der Waals surface area (Å²) in [4.78, 5) is 14.9. The lowest BCUT2D eigenvalue weighted by molar-refractivity contribution is -0.137. The molecule has 1 amide bonds. The summed E-state index contributed by atoms with van der Waals surface area (Å²) in [5.74, 6) is -0.296. The number of carbonyl (C=O) groups excluding carboxylic acids is 1. The molecule has 0 spiro atoms. The van der Waals surface area contributed by atoms with Gasteiger partial charge in [-0.3, -0.25) is 9.79 Å². The number of hydrogen-bond acceptors (Lipinski definition) is 2. The molecule has 0 aromatic rings. The molecule has 5 nitrogen and oxygen atoms in total. The Morgan fingerprint density at radius 1 is 1.35 bits per heavy atom. The van der Waals surface area contributed by atoms with E-state index in [-0.39, 0.29) is 6.54 Å². The highest BCUT2D eigenvalue weighted by atomic mass is 19.4. The Kier molecular flexibility index (Phi) is 4.59. The van der Waals surface area contributed by atoms with Crippen molar-refractivity contribution in [2.75, 3.05) is 20.1 Å². The van der Waals surface area contributed by atoms with E-state index in [0.29, 0.717) is 12.0 Å². The fourth-order valence-electron chi connectivity index (χ4n) is 1.04. The topological polar surface area (TPSA) is 65.5 Å². The first-order chi connectivity index (χ1) is 7.90. The molecule has 1 fully saturated rings. The Balaban J connectivity index is 2.17. The summed E-state index contributed by atoms with van der Waals surface area (Å²) in [5.41, 5.74) is 0. The number of aliphatic imine (C=N–C) groups is 1. The van der Waals surface area contributed by atoms with Crippen molar-refractivity contribution in [1.29, 1.82) is 0 Å². The van der Waals surface area contributed by atoms with E-state index in [0.717, 1.165) is 12.8 Å². The zero-order chi connectivity index (χ0) is 12.9. The fraction of sp³-hybridized carbons (Fsp3) is 0.778. The standard InChI is InChI=1S/C9H15F3N4O/c1-13-8(16-6-2-3-6)14-4-7(17)15-5-9(10,11)12/h6H,2-5H2,1H3,(H,15,17)(H2,13,14,16). The van der Waals surface area contributed by atoms with Gasteiger partial charge in [0.05, 0.1) is 6.54 Å². The summed E-state index contributed by atoms with van der Waals surface area (Å²) in [6.45, 7) is -1.55. The van der Waals surface area contributed by atoms with Crippen LogP contribution in [0.15, 0.2) is 4.99 Å². The van der Waals surface area contributed by atoms with Crippen LogP contribution in [0.2, 0.25) is 0 Å². The summed E-state index contributed by atoms with van der Waals surface area (Å²) in [6, 6.07) is 0.361. The highest BCUT2D eigenvalue weighted by molar-refractivity contribution is 5.86. The predicted molar refractivity (Wildman–Crippen MR) is 56.6 cm³/mol. The van der Waals surface area contributed by atoms with Crippen LogP contribution in [0, 0.1) is 0 Å². The average Bonchev–Trinajstić information content (AvgIpc) is 3.04. The van der Waals surface area contributed by atoms with Crippen LogP contribution >= 0.6 is 0 Å². The normalized spacial score (nSPS) is 16.6. The van der Waals surface area contributed by atoms with Crippen LogP contribution in [-0.4, -0.2) is 44.2 Å². The summed E-state index contributed by atoms with van der Waals surface area (Å²) >= 11 is 0. The third kappa shape index (κ3) is 6.64. The zero-order valence-electron chi connectivity index (χ0n) is 9.40. The summed E-state index contributed by atoms with van der Waals surface area (Å²) in [5, 5.41) is 7.40. The van der Waals surface area contributed by atoms with Crippen LogP contribution in [0.25, 0.3) is 0 Å². The summed E-state index contributed by atoms with van der Waals surface area (Å²) in [6.07, 6.45) is -2.30. The van der Waals surface area contributed by atoms with Gasteiger partial charge in [-0.25, -0.2) is 0 Å². The van der Waals surface area contributed by atoms with Gasteiger partial charge in [-0.2, -0.15) is 13.2 Å². The van der Waals surface area contributed by atoms with Crippen LogP contribution < -0.4 is 16.0 Å². The number of hydrogen-bond donors (Lipinski definition) is 3. The van der Waals surface area contributed by atoms with Crippen molar-refractivity contribution in [3.05, 3.63) is 0 Å². The minimum Gasteiger partial charge on any atom is -0.354 e. The second-order valence-electron chi connectivity index (χ2n) is 3.74. The number of guanidine groups is 1. The van der Waals surface area contributed by atoms with Crippen molar-refractivity contribution in [2.24, 2.45) is 4.99 Å². The van der Waals surface area contributed by atoms with Gasteiger partial charge >= 0.3 is 6.18 Å². The third-order valence-corrected chi connectivity index (χ3v) is 2.04. The molecule has 0 saturated heterocycles. The number of halogens is 3. The number of rotatable bonds is 4. The Hall–Kier alpha value is -1.47. The SMILES string of the molecule is CN=C(NCC(=O)NCC(F)(F)F)NC1CC1. The molecule has 0 radical (unpaired) electrons. The fourth-order valence-corrected chi connectivity index (χ4v) is 1.04. The second-order valence-corrected chi connectivity index (χ2v) is 3.74. The smallest absolute Gasteiger partial charge is 0.354 e. The van der Waals surface area contributed by atoms with E-state index in [1.54, 1.807) is 5.32 Å². The Morgan fingerprint density at radius 2 is 2.00 bits per heavy atom. The highest BCUT2D eigenvalue weighted by Crippen LogP contribution is 2.18. The van der Waals surface area contributed by atoms with Crippen molar-refractivity contribution >= 4 is 11.9 Å². The molecule has 0 unspecified atom stereocenters. The van der Waals surface area contributed by atoms with Crippen molar-refractivity contribution < 1.29 is 18.0 Å². The number of amides is 1. The Bertz CT molecular complexity index is 299. The first-order valence-electron chi connectivity index (χ1n) is 5.21. The first kappa shape index (κ1) is 13.6. The van der Waals surface area contributed by atoms with Crippen LogP contribution in [0.1, 0.15) is 12.8 Å². The molecular formula is C9H15F3N4O. The number of nitrogens with one attached hydrogen (secondary N) is 3. The van der Waals surface area contributed by atoms with E-state index >= 15 is 0 Å². The van der Waals surface area contributed by atoms with Crippen LogP contribution in [0.3, 0.4) is 0 Å². The molecule has 0 heterocycles. The average molecular weight is 252 g/mol. The van der Waals surface area contributed by atoms with E-state index in [4.69, 9.17) is 0 Å². The molecule has 1 aliphatic carbocycles. The number of alkyl halides is 3. The van der Waals surface area contributed by atoms with Gasteiger partial charge < -0.3 is 16.0 Å². The van der Waals surface area contributed by atoms with E-state index in [1.807, 2.05) is 0 Å². The van der Waals surface area contributed by atoms with Crippen molar-refractivity contribution in [3.8, 4) is 0 Å². The van der Waals surface area contributed by atoms with Gasteiger partial charge in [0.25, 0.3) is 0 Å². The lowest BCUT2D eigenvalue weighted by Crippen LogP contribution is -2.45. The maximum Gasteiger partial charge on any atom is 0.405 e. The van der Waals surface area contributed by atoms with Gasteiger partial charge in [0.15, 0.2) is 5.96 Å². The summed E-state index contributed by atoms with van der Waals surface area (Å²) < 4.78 is 35.4. The second kappa shape index (κ2) is 5.74. The lowest BCUT2D eigenvalue weighted by Gasteiger charge is -2.12. The van der Waals surface area contributed by atoms with E-state index < -0.39 is 18.6 Å². The van der Waals surface area contributed by atoms with E-state index in [9.17, 15) is 18.0 Å². The maximum atomic E-state index is 11.8. The van der Waals surface area contributed by atoms with Gasteiger partial charge in [0, 0.05) is 13.1 Å². The van der Waals surface area contributed by atoms with Crippen LogP contribution in [0.4, 0.5) is 13.2 Å². The Labute approximate surface area is 96.9 Å². The van der Waals surface area contributed by atoms with Gasteiger partial charge in [-0.15, -0.1) is 0 Å². The molecule has 8 heteroatoms. The van der Waals surface area contributed by atoms with E-state index in [1.165, 1.54) is 7.05 Å². The lowest BCUT2D eigenvalue weighted by atomic mass is 10.5. The predicted octanol–water partition coefficient (Wildman–Crippen LogP) is -0.00770. The monoisotopic (exact) mass is 252 g/mol. The molecule has 98 valence electrons. The van der Waals surface area contributed by atoms with Gasteiger partial charge in [0.1, 0.15) is 6.54 Å². The highest BCUT2D eigenvalue weighted by Gasteiger charge is 2.27. The van der Waals surface area contributed by atoms with Gasteiger partial charge in [0.2, 0.25) is 5.91 Å². The molecule has 1 aliphatic rings. The molecule has 0 bridgehead atoms. The molecule has 17 heavy (non-hydrogen) atoms. The molecule has 0 aliphatic heterocycles. The molecule has 1 rings (SSSR count). The van der Waals surface area contributed by atoms with Crippen LogP contribution in [0.5, 0.6) is 0 Å². The molecule has 0 atom stereocenters. The van der Waals surface area contributed by atoms with Crippen molar-refractivity contribution in [3.63, 3.8) is 0 Å². The Morgan fingerprint density at radius 3 is 2.47 bits per heavy atom. The molecular weight excluding hydrogens is 237 g/mol. The van der Waals surface area contributed by atoms with Gasteiger partial charge in [-0.05, 0) is 12.8 Å². The molecule has 3 N–H and O–H groups in total. The molecule has 0 aromatic heterocycles. The van der Waals surface area contributed by atoms with Crippen molar-refractivity contribution in [1.82, 2.24) is 16.0 Å². The minimum absolute atomic E-state index is 0.234. The van der Waals surface area contributed by atoms with Gasteiger partial charge in [-0.1, -0.05) is 0 Å². The first-order valence-corrected chi connectivity index (χ1v) is 5.21. The maximum absolute atomic E-state index is 11.8. The van der Waals surface area contributed by atoms with Crippen molar-refractivity contribution in [2.45, 2.75) is 25.1 Å². The molecule has 0 aromatic carbocycles. The largest absolute Gasteiger partial charge is 0.405 e. The third-order valence-electron chi connectivity index (χ3n) is 2.04.